The Hall–Kier alpha value is -3.19. The van der Waals surface area contributed by atoms with Crippen molar-refractivity contribution in [3.8, 4) is 5.75 Å². The molecular formula is C23H26N4O2S. The average Bonchev–Trinajstić information content (AvgIpc) is 2.77. The summed E-state index contributed by atoms with van der Waals surface area (Å²) in [5, 5.41) is 6.11. The second-order valence-corrected chi connectivity index (χ2v) is 8.30. The van der Waals surface area contributed by atoms with E-state index in [1.54, 1.807) is 24.3 Å². The fourth-order valence-corrected chi connectivity index (χ4v) is 3.10. The minimum Gasteiger partial charge on any atom is -0.487 e. The third-order valence-corrected chi connectivity index (χ3v) is 4.88. The van der Waals surface area contributed by atoms with Crippen molar-refractivity contribution in [3.05, 3.63) is 84.2 Å². The summed E-state index contributed by atoms with van der Waals surface area (Å²) in [6, 6.07) is 19.0. The molecule has 1 heterocycles. The lowest BCUT2D eigenvalue weighted by atomic mass is 10.2. The molecule has 0 aliphatic carbocycles. The van der Waals surface area contributed by atoms with Crippen LogP contribution in [0, 0.1) is 0 Å². The Morgan fingerprint density at radius 2 is 1.83 bits per heavy atom. The van der Waals surface area contributed by atoms with Gasteiger partial charge in [0, 0.05) is 29.9 Å². The molecule has 156 valence electrons. The molecule has 3 N–H and O–H groups in total. The number of hydrogen-bond acceptors (Lipinski definition) is 5. The van der Waals surface area contributed by atoms with Gasteiger partial charge in [0.25, 0.3) is 0 Å². The van der Waals surface area contributed by atoms with E-state index in [9.17, 15) is 4.79 Å². The normalized spacial score (nSPS) is 10.5. The number of rotatable bonds is 9. The molecule has 0 aliphatic rings. The summed E-state index contributed by atoms with van der Waals surface area (Å²) in [5.41, 5.74) is 3.64. The van der Waals surface area contributed by atoms with Crippen LogP contribution in [0.5, 0.6) is 5.75 Å². The van der Waals surface area contributed by atoms with Gasteiger partial charge in [0.2, 0.25) is 0 Å². The van der Waals surface area contributed by atoms with Gasteiger partial charge in [-0.1, -0.05) is 44.2 Å². The van der Waals surface area contributed by atoms with Gasteiger partial charge in [0.1, 0.15) is 12.4 Å². The largest absolute Gasteiger partial charge is 0.487 e. The minimum absolute atomic E-state index is 0.259. The van der Waals surface area contributed by atoms with Gasteiger partial charge in [-0.3, -0.25) is 4.98 Å². The summed E-state index contributed by atoms with van der Waals surface area (Å²) in [7, 11) is 0. The van der Waals surface area contributed by atoms with E-state index in [1.165, 1.54) is 0 Å². The Kier molecular flexibility index (Phi) is 7.97. The lowest BCUT2D eigenvalue weighted by Crippen LogP contribution is -2.28. The summed E-state index contributed by atoms with van der Waals surface area (Å²) in [6.07, 6.45) is 3.43. The van der Waals surface area contributed by atoms with Crippen molar-refractivity contribution >= 4 is 29.4 Å². The molecule has 30 heavy (non-hydrogen) atoms. The molecule has 0 saturated heterocycles. The van der Waals surface area contributed by atoms with Crippen LogP contribution in [0.3, 0.4) is 0 Å². The smallest absolute Gasteiger partial charge is 0.319 e. The van der Waals surface area contributed by atoms with Crippen LogP contribution < -0.4 is 20.1 Å². The van der Waals surface area contributed by atoms with Gasteiger partial charge in [-0.05, 0) is 53.4 Å². The van der Waals surface area contributed by atoms with Crippen LogP contribution in [0.4, 0.5) is 16.2 Å². The van der Waals surface area contributed by atoms with Crippen molar-refractivity contribution < 1.29 is 9.53 Å². The number of nitrogens with one attached hydrogen (secondary N) is 3. The van der Waals surface area contributed by atoms with Crippen molar-refractivity contribution in [2.75, 3.05) is 10.0 Å². The number of aromatic nitrogens is 1. The molecule has 7 heteroatoms. The molecule has 0 radical (unpaired) electrons. The topological polar surface area (TPSA) is 75.3 Å². The van der Waals surface area contributed by atoms with Crippen LogP contribution in [0.15, 0.2) is 73.1 Å². The first-order chi connectivity index (χ1) is 14.6. The van der Waals surface area contributed by atoms with Crippen LogP contribution in [-0.2, 0) is 13.2 Å². The zero-order chi connectivity index (χ0) is 21.2. The SMILES string of the molecule is CC(C)SNc1ccccc1OCc1ccc(NC(=O)NCc2cccnc2)cc1. The van der Waals surface area contributed by atoms with E-state index in [4.69, 9.17) is 4.74 Å². The number of urea groups is 1. The van der Waals surface area contributed by atoms with Gasteiger partial charge >= 0.3 is 6.03 Å². The highest BCUT2D eigenvalue weighted by Crippen LogP contribution is 2.28. The van der Waals surface area contributed by atoms with E-state index in [-0.39, 0.29) is 6.03 Å². The van der Waals surface area contributed by atoms with Crippen molar-refractivity contribution in [1.29, 1.82) is 0 Å². The molecule has 0 aliphatic heterocycles. The van der Waals surface area contributed by atoms with Crippen molar-refractivity contribution in [2.45, 2.75) is 32.2 Å². The molecule has 0 atom stereocenters. The summed E-state index contributed by atoms with van der Waals surface area (Å²) < 4.78 is 9.32. The third-order valence-electron chi connectivity index (χ3n) is 4.07. The van der Waals surface area contributed by atoms with Crippen LogP contribution in [-0.4, -0.2) is 16.3 Å². The average molecular weight is 423 g/mol. The van der Waals surface area contributed by atoms with Crippen LogP contribution in [0.25, 0.3) is 0 Å². The summed E-state index contributed by atoms with van der Waals surface area (Å²) >= 11 is 1.65. The molecule has 6 nitrogen and oxygen atoms in total. The highest BCUT2D eigenvalue weighted by Gasteiger charge is 2.06. The first-order valence-corrected chi connectivity index (χ1v) is 10.6. The molecule has 0 fully saturated rings. The zero-order valence-electron chi connectivity index (χ0n) is 17.1. The fraction of sp³-hybridized carbons (Fsp3) is 0.217. The highest BCUT2D eigenvalue weighted by molar-refractivity contribution is 8.01. The lowest BCUT2D eigenvalue weighted by molar-refractivity contribution is 0.251. The van der Waals surface area contributed by atoms with E-state index in [1.807, 2.05) is 60.7 Å². The number of carbonyl (C=O) groups is 1. The van der Waals surface area contributed by atoms with Gasteiger partial charge < -0.3 is 20.1 Å². The predicted molar refractivity (Wildman–Crippen MR) is 124 cm³/mol. The Morgan fingerprint density at radius 1 is 1.03 bits per heavy atom. The standard InChI is InChI=1S/C23H26N4O2S/c1-17(2)30-27-21-7-3-4-8-22(21)29-16-18-9-11-20(12-10-18)26-23(28)25-15-19-6-5-13-24-14-19/h3-14,17,27H,15-16H2,1-2H3,(H2,25,26,28). The van der Waals surface area contributed by atoms with Crippen LogP contribution in [0.2, 0.25) is 0 Å². The number of carbonyl (C=O) groups excluding carboxylic acids is 1. The number of benzene rings is 2. The molecule has 0 unspecified atom stereocenters. The molecule has 2 amide bonds. The number of nitrogens with zero attached hydrogens (tertiary/aromatic N) is 1. The monoisotopic (exact) mass is 422 g/mol. The molecule has 0 saturated carbocycles. The predicted octanol–water partition coefficient (Wildman–Crippen LogP) is 5.45. The van der Waals surface area contributed by atoms with E-state index in [0.29, 0.717) is 18.4 Å². The Labute approximate surface area is 181 Å². The first-order valence-electron chi connectivity index (χ1n) is 9.76. The zero-order valence-corrected chi connectivity index (χ0v) is 17.9. The van der Waals surface area contributed by atoms with Gasteiger partial charge in [0.15, 0.2) is 0 Å². The lowest BCUT2D eigenvalue weighted by Gasteiger charge is -2.14. The van der Waals surface area contributed by atoms with Crippen molar-refractivity contribution in [1.82, 2.24) is 10.3 Å². The van der Waals surface area contributed by atoms with Crippen LogP contribution >= 0.6 is 11.9 Å². The van der Waals surface area contributed by atoms with E-state index >= 15 is 0 Å². The molecule has 0 bridgehead atoms. The molecule has 1 aromatic heterocycles. The first kappa shape index (κ1) is 21.5. The number of pyridine rings is 1. The summed E-state index contributed by atoms with van der Waals surface area (Å²) in [6.45, 7) is 5.14. The van der Waals surface area contributed by atoms with Crippen LogP contribution in [0.1, 0.15) is 25.0 Å². The maximum absolute atomic E-state index is 12.1. The van der Waals surface area contributed by atoms with E-state index < -0.39 is 0 Å². The van der Waals surface area contributed by atoms with Gasteiger partial charge in [0.05, 0.1) is 5.69 Å². The molecule has 3 rings (SSSR count). The van der Waals surface area contributed by atoms with E-state index in [2.05, 4.69) is 34.2 Å². The number of amides is 2. The fourth-order valence-electron chi connectivity index (χ4n) is 2.56. The maximum Gasteiger partial charge on any atom is 0.319 e. The van der Waals surface area contributed by atoms with Gasteiger partial charge in [-0.2, -0.15) is 0 Å². The Morgan fingerprint density at radius 3 is 2.57 bits per heavy atom. The Balaban J connectivity index is 1.48. The highest BCUT2D eigenvalue weighted by atomic mass is 32.2. The van der Waals surface area contributed by atoms with Gasteiger partial charge in [-0.15, -0.1) is 0 Å². The second-order valence-electron chi connectivity index (χ2n) is 6.92. The number of ether oxygens (including phenoxy) is 1. The number of hydrogen-bond donors (Lipinski definition) is 3. The number of anilines is 2. The minimum atomic E-state index is -0.259. The molecule has 0 spiro atoms. The molecule has 3 aromatic rings. The second kappa shape index (κ2) is 11.1. The summed E-state index contributed by atoms with van der Waals surface area (Å²) in [4.78, 5) is 16.1. The van der Waals surface area contributed by atoms with Gasteiger partial charge in [-0.25, -0.2) is 4.79 Å². The molecular weight excluding hydrogens is 396 g/mol. The van der Waals surface area contributed by atoms with Crippen molar-refractivity contribution in [2.24, 2.45) is 0 Å². The summed E-state index contributed by atoms with van der Waals surface area (Å²) in [5.74, 6) is 0.808. The number of para-hydroxylation sites is 2. The van der Waals surface area contributed by atoms with Crippen molar-refractivity contribution in [3.63, 3.8) is 0 Å². The van der Waals surface area contributed by atoms with E-state index in [0.717, 1.165) is 28.3 Å². The maximum atomic E-state index is 12.1. The molecule has 2 aromatic carbocycles. The third kappa shape index (κ3) is 7.00. The quantitative estimate of drug-likeness (QED) is 0.400. The Bertz CT molecular complexity index is 933.